The molecule has 0 heterocycles. The number of rotatable bonds is 6. The molecule has 1 aliphatic carbocycles. The van der Waals surface area contributed by atoms with E-state index in [-0.39, 0.29) is 6.10 Å². The molecule has 1 unspecified atom stereocenters. The Morgan fingerprint density at radius 3 is 1.73 bits per heavy atom. The molecular weight excluding hydrogens is 464 g/mol. The van der Waals surface area contributed by atoms with Crippen LogP contribution in [0.3, 0.4) is 0 Å². The molecule has 7 nitrogen and oxygen atoms in total. The molecule has 1 aliphatic rings. The Kier molecular flexibility index (Phi) is 28.1. The second-order valence-corrected chi connectivity index (χ2v) is 6.09. The normalized spacial score (nSPS) is 10.4. The van der Waals surface area contributed by atoms with Crippen molar-refractivity contribution in [2.24, 2.45) is 5.92 Å². The number of ether oxygens (including phenoxy) is 2. The van der Waals surface area contributed by atoms with Gasteiger partial charge in [0.05, 0.1) is 0 Å². The van der Waals surface area contributed by atoms with Gasteiger partial charge in [0.25, 0.3) is 0 Å². The van der Waals surface area contributed by atoms with Gasteiger partial charge in [-0.2, -0.15) is 0 Å². The van der Waals surface area contributed by atoms with Crippen molar-refractivity contribution >= 4 is 4.57 Å². The average Bonchev–Trinajstić information content (AvgIpc) is 3.78. The van der Waals surface area contributed by atoms with Crippen LogP contribution < -0.4 is 4.74 Å². The Morgan fingerprint density at radius 1 is 0.818 bits per heavy atom. The van der Waals surface area contributed by atoms with E-state index in [0.717, 1.165) is 15.9 Å². The molecule has 0 aromatic heterocycles. The molecule has 0 bridgehead atoms. The molecule has 1 fully saturated rings. The number of hydrogen-bond acceptors (Lipinski definition) is 2. The van der Waals surface area contributed by atoms with Gasteiger partial charge in [-0.3, -0.25) is 0 Å². The van der Waals surface area contributed by atoms with Gasteiger partial charge in [0.2, 0.25) is 0 Å². The van der Waals surface area contributed by atoms with E-state index < -0.39 is 0 Å². The van der Waals surface area contributed by atoms with Gasteiger partial charge < -0.3 is 0 Å². The zero-order valence-electron chi connectivity index (χ0n) is 17.3. The molecule has 8 heteroatoms. The first-order valence-corrected chi connectivity index (χ1v) is 9.42. The van der Waals surface area contributed by atoms with Crippen molar-refractivity contribution in [1.82, 2.24) is 0 Å². The molecule has 0 radical (unpaired) electrons. The van der Waals surface area contributed by atoms with E-state index in [1.807, 2.05) is 60.7 Å². The fourth-order valence-corrected chi connectivity index (χ4v) is 2.52. The van der Waals surface area contributed by atoms with Crippen molar-refractivity contribution in [3.63, 3.8) is 0 Å². The second-order valence-electron chi connectivity index (χ2n) is 5.46. The molecule has 2 aromatic rings. The van der Waals surface area contributed by atoms with Gasteiger partial charge in [-0.25, -0.2) is 0 Å². The van der Waals surface area contributed by atoms with Crippen LogP contribution in [0.1, 0.15) is 18.4 Å². The topological polar surface area (TPSA) is 118 Å². The predicted octanol–water partition coefficient (Wildman–Crippen LogP) is 3.40. The van der Waals surface area contributed by atoms with E-state index >= 15 is 0 Å². The number of benzene rings is 2. The summed E-state index contributed by atoms with van der Waals surface area (Å²) in [5.74, 6) is 7.71. The fraction of sp³-hybridized carbons (Fsp3) is 0.200. The molecule has 0 aliphatic heterocycles. The van der Waals surface area contributed by atoms with Gasteiger partial charge in [-0.15, -0.1) is 0 Å². The fourth-order valence-electron chi connectivity index (χ4n) is 2.05. The van der Waals surface area contributed by atoms with Gasteiger partial charge in [0.15, 0.2) is 0 Å². The van der Waals surface area contributed by atoms with Crippen LogP contribution >= 0.6 is 0 Å². The van der Waals surface area contributed by atoms with Crippen molar-refractivity contribution in [2.75, 3.05) is 6.61 Å². The van der Waals surface area contributed by atoms with Crippen LogP contribution in [0.5, 0.6) is 5.75 Å². The average molecular weight is 482 g/mol. The molecular formula is C25H18CrO7. The maximum atomic E-state index is 7.50. The molecule has 0 spiro atoms. The number of hydrogen-bond donors (Lipinski definition) is 0. The van der Waals surface area contributed by atoms with Gasteiger partial charge in [0, 0.05) is 0 Å². The maximum absolute atomic E-state index is 7.50. The summed E-state index contributed by atoms with van der Waals surface area (Å²) in [6.07, 6.45) is 2.12. The Hall–Kier alpha value is -3.14. The van der Waals surface area contributed by atoms with Gasteiger partial charge in [-0.1, -0.05) is 0 Å². The van der Waals surface area contributed by atoms with Crippen LogP contribution in [0.25, 0.3) is 0 Å². The van der Waals surface area contributed by atoms with Crippen molar-refractivity contribution in [1.29, 1.82) is 0 Å². The van der Waals surface area contributed by atoms with Crippen LogP contribution in [-0.2, 0) is 43.8 Å². The molecule has 0 saturated heterocycles. The molecule has 1 atom stereocenters. The Morgan fingerprint density at radius 2 is 1.27 bits per heavy atom. The first-order valence-electron chi connectivity index (χ1n) is 8.78. The summed E-state index contributed by atoms with van der Waals surface area (Å²) in [4.78, 5) is 0. The number of para-hydroxylation sites is 1. The van der Waals surface area contributed by atoms with Crippen LogP contribution in [0.15, 0.2) is 60.7 Å². The Bertz CT molecular complexity index is 881. The standard InChI is InChI=1S/C20H18O2.5CO.Cr/c1-3-7-17(8-4-1)13-14-20(16-21-15-18-11-12-18)22-19-9-5-2-6-10-19;5*1-2;/h1-10,18,20H,11-12,16H2;;;;;;. The van der Waals surface area contributed by atoms with E-state index in [0.29, 0.717) is 12.5 Å². The van der Waals surface area contributed by atoms with Crippen molar-refractivity contribution < 1.29 is 48.6 Å². The predicted molar refractivity (Wildman–Crippen MR) is 108 cm³/mol. The van der Waals surface area contributed by atoms with Crippen molar-refractivity contribution in [3.8, 4) is 17.6 Å². The second kappa shape index (κ2) is 26.9. The Balaban J connectivity index is -0.000000798. The van der Waals surface area contributed by atoms with Crippen LogP contribution in [0, 0.1) is 51.0 Å². The quantitative estimate of drug-likeness (QED) is 0.356. The molecule has 3 rings (SSSR count). The first kappa shape index (κ1) is 34.5. The van der Waals surface area contributed by atoms with Crippen LogP contribution in [-0.4, -0.2) is 17.3 Å². The van der Waals surface area contributed by atoms with Gasteiger partial charge >= 0.3 is 202 Å². The van der Waals surface area contributed by atoms with Crippen LogP contribution in [0.2, 0.25) is 0 Å². The van der Waals surface area contributed by atoms with E-state index in [9.17, 15) is 0 Å². The van der Waals surface area contributed by atoms with Gasteiger partial charge in [-0.05, 0) is 0 Å². The molecule has 2 aromatic carbocycles. The summed E-state index contributed by atoms with van der Waals surface area (Å²) in [5.41, 5.74) is 0.976. The summed E-state index contributed by atoms with van der Waals surface area (Å²) < 4.78 is 50.3. The minimum absolute atomic E-state index is 0.306. The van der Waals surface area contributed by atoms with Gasteiger partial charge in [0.1, 0.15) is 0 Å². The summed E-state index contributed by atoms with van der Waals surface area (Å²) in [6, 6.07) is 19.7. The van der Waals surface area contributed by atoms with E-state index in [2.05, 4.69) is 60.9 Å². The first-order chi connectivity index (χ1) is 16.3. The SMILES string of the molecule is [C-]#[O+].[C-]#[O+].[C-]#[O+].[C-]#[O+].[C-]#[O+].[Cr]=[C](OCC(C#Cc1ccccc1)Oc1ccccc1)C1CC1. The minimum atomic E-state index is -0.306. The third kappa shape index (κ3) is 18.2. The molecule has 33 heavy (non-hydrogen) atoms. The summed E-state index contributed by atoms with van der Waals surface area (Å²) in [5, 5.41) is 0. The van der Waals surface area contributed by atoms with E-state index in [1.54, 1.807) is 0 Å². The Labute approximate surface area is 201 Å². The molecule has 0 amide bonds. The zero-order valence-corrected chi connectivity index (χ0v) is 18.6. The molecule has 1 saturated carbocycles. The van der Waals surface area contributed by atoms with Crippen molar-refractivity contribution in [2.45, 2.75) is 18.9 Å². The summed E-state index contributed by atoms with van der Waals surface area (Å²) in [6.45, 7) is 22.9. The third-order valence-corrected chi connectivity index (χ3v) is 4.17. The zero-order chi connectivity index (χ0) is 25.9. The monoisotopic (exact) mass is 482 g/mol. The molecule has 166 valence electrons. The third-order valence-electron chi connectivity index (χ3n) is 3.46. The summed E-state index contributed by atoms with van der Waals surface area (Å²) in [7, 11) is 0. The van der Waals surface area contributed by atoms with E-state index in [1.165, 1.54) is 12.8 Å². The van der Waals surface area contributed by atoms with Crippen LogP contribution in [0.4, 0.5) is 0 Å². The molecule has 0 N–H and O–H groups in total. The summed E-state index contributed by atoms with van der Waals surface area (Å²) >= 11 is 3.02. The van der Waals surface area contributed by atoms with E-state index in [4.69, 9.17) is 32.7 Å². The van der Waals surface area contributed by atoms with Crippen molar-refractivity contribution in [3.05, 3.63) is 99.5 Å².